The van der Waals surface area contributed by atoms with Crippen LogP contribution in [0.25, 0.3) is 16.9 Å². The molecule has 2 aromatic heterocycles. The lowest BCUT2D eigenvalue weighted by Crippen LogP contribution is -2.15. The van der Waals surface area contributed by atoms with E-state index < -0.39 is 0 Å². The minimum absolute atomic E-state index is 0.331. The molecule has 8 heteroatoms. The molecule has 4 aromatic rings. The van der Waals surface area contributed by atoms with E-state index in [0.717, 1.165) is 5.56 Å². The van der Waals surface area contributed by atoms with Gasteiger partial charge >= 0.3 is 0 Å². The molecule has 0 saturated heterocycles. The Morgan fingerprint density at radius 2 is 1.81 bits per heavy atom. The zero-order valence-corrected chi connectivity index (χ0v) is 17.2. The predicted octanol–water partition coefficient (Wildman–Crippen LogP) is 4.41. The molecule has 7 nitrogen and oxygen atoms in total. The van der Waals surface area contributed by atoms with Gasteiger partial charge in [-0.05, 0) is 61.5 Å². The molecule has 0 spiro atoms. The first-order valence-corrected chi connectivity index (χ1v) is 10.1. The van der Waals surface area contributed by atoms with Gasteiger partial charge in [-0.1, -0.05) is 6.07 Å². The van der Waals surface area contributed by atoms with Crippen LogP contribution in [0, 0.1) is 12.7 Å². The molecular formula is C24H19FN4O3. The first-order valence-electron chi connectivity index (χ1n) is 10.1. The minimum atomic E-state index is -0.333. The topological polar surface area (TPSA) is 78.3 Å². The largest absolute Gasteiger partial charge is 0.486 e. The standard InChI is InChI=1S/C24H19FN4O3/c1-15-19(14-26-29(15)18-8-6-17(25)7-9-18)24(30)28-23-4-2-3-20(27-23)16-5-10-21-22(13-16)32-12-11-31-21/h2-10,13-14H,11-12H2,1H3,(H,27,28,30). The third kappa shape index (κ3) is 3.78. The van der Waals surface area contributed by atoms with Crippen molar-refractivity contribution in [2.45, 2.75) is 6.92 Å². The Labute approximate surface area is 183 Å². The summed E-state index contributed by atoms with van der Waals surface area (Å²) < 4.78 is 26.0. The molecule has 1 N–H and O–H groups in total. The lowest BCUT2D eigenvalue weighted by atomic mass is 10.1. The Kier molecular flexibility index (Phi) is 5.03. The molecule has 5 rings (SSSR count). The number of halogens is 1. The van der Waals surface area contributed by atoms with Crippen LogP contribution in [-0.4, -0.2) is 33.9 Å². The molecule has 1 aliphatic heterocycles. The third-order valence-corrected chi connectivity index (χ3v) is 5.15. The molecule has 0 aliphatic carbocycles. The van der Waals surface area contributed by atoms with Crippen LogP contribution in [0.4, 0.5) is 10.2 Å². The van der Waals surface area contributed by atoms with Crippen molar-refractivity contribution >= 4 is 11.7 Å². The SMILES string of the molecule is Cc1c(C(=O)Nc2cccc(-c3ccc4c(c3)OCCO4)n2)cnn1-c1ccc(F)cc1. The number of amides is 1. The summed E-state index contributed by atoms with van der Waals surface area (Å²) in [7, 11) is 0. The van der Waals surface area contributed by atoms with Crippen LogP contribution >= 0.6 is 0 Å². The van der Waals surface area contributed by atoms with Crippen molar-refractivity contribution < 1.29 is 18.7 Å². The van der Waals surface area contributed by atoms with Gasteiger partial charge in [-0.25, -0.2) is 14.1 Å². The van der Waals surface area contributed by atoms with Crippen LogP contribution in [0.3, 0.4) is 0 Å². The van der Waals surface area contributed by atoms with Crippen molar-refractivity contribution in [3.8, 4) is 28.4 Å². The van der Waals surface area contributed by atoms with Gasteiger partial charge in [0.25, 0.3) is 5.91 Å². The highest BCUT2D eigenvalue weighted by Crippen LogP contribution is 2.34. The lowest BCUT2D eigenvalue weighted by molar-refractivity contribution is 0.102. The Hall–Kier alpha value is -4.20. The van der Waals surface area contributed by atoms with Crippen molar-refractivity contribution in [1.82, 2.24) is 14.8 Å². The summed E-state index contributed by atoms with van der Waals surface area (Å²) in [6.45, 7) is 2.82. The first kappa shape index (κ1) is 19.7. The van der Waals surface area contributed by atoms with E-state index in [9.17, 15) is 9.18 Å². The Balaban J connectivity index is 1.37. The predicted molar refractivity (Wildman–Crippen MR) is 117 cm³/mol. The molecule has 1 aliphatic rings. The maximum atomic E-state index is 13.2. The number of rotatable bonds is 4. The van der Waals surface area contributed by atoms with E-state index in [2.05, 4.69) is 15.4 Å². The average Bonchev–Trinajstić information content (AvgIpc) is 3.21. The van der Waals surface area contributed by atoms with Crippen molar-refractivity contribution in [1.29, 1.82) is 0 Å². The quantitative estimate of drug-likeness (QED) is 0.519. The summed E-state index contributed by atoms with van der Waals surface area (Å²) in [6.07, 6.45) is 1.48. The summed E-state index contributed by atoms with van der Waals surface area (Å²) >= 11 is 0. The maximum Gasteiger partial charge on any atom is 0.260 e. The second kappa shape index (κ2) is 8.14. The first-order chi connectivity index (χ1) is 15.6. The van der Waals surface area contributed by atoms with Gasteiger partial charge in [-0.15, -0.1) is 0 Å². The van der Waals surface area contributed by atoms with E-state index in [0.29, 0.717) is 53.2 Å². The van der Waals surface area contributed by atoms with E-state index >= 15 is 0 Å². The molecule has 2 aromatic carbocycles. The zero-order chi connectivity index (χ0) is 22.1. The van der Waals surface area contributed by atoms with Crippen LogP contribution in [0.2, 0.25) is 0 Å². The van der Waals surface area contributed by atoms with E-state index in [1.807, 2.05) is 30.3 Å². The van der Waals surface area contributed by atoms with Gasteiger partial charge < -0.3 is 14.8 Å². The molecule has 3 heterocycles. The number of hydrogen-bond donors (Lipinski definition) is 1. The van der Waals surface area contributed by atoms with Gasteiger partial charge in [0.2, 0.25) is 0 Å². The van der Waals surface area contributed by atoms with E-state index in [-0.39, 0.29) is 11.7 Å². The van der Waals surface area contributed by atoms with Crippen molar-refractivity contribution in [3.05, 3.63) is 83.9 Å². The number of carbonyl (C=O) groups is 1. The molecule has 1 amide bonds. The average molecular weight is 430 g/mol. The summed E-state index contributed by atoms with van der Waals surface area (Å²) in [5, 5.41) is 7.10. The monoisotopic (exact) mass is 430 g/mol. The highest BCUT2D eigenvalue weighted by molar-refractivity contribution is 6.04. The van der Waals surface area contributed by atoms with E-state index in [4.69, 9.17) is 9.47 Å². The summed E-state index contributed by atoms with van der Waals surface area (Å²) in [5.41, 5.74) is 3.25. The number of nitrogens with one attached hydrogen (secondary N) is 1. The van der Waals surface area contributed by atoms with Gasteiger partial charge in [0, 0.05) is 5.56 Å². The highest BCUT2D eigenvalue weighted by Gasteiger charge is 2.17. The fraction of sp³-hybridized carbons (Fsp3) is 0.125. The molecule has 0 saturated carbocycles. The second-order valence-corrected chi connectivity index (χ2v) is 7.25. The minimum Gasteiger partial charge on any atom is -0.486 e. The van der Waals surface area contributed by atoms with Gasteiger partial charge in [0.15, 0.2) is 11.5 Å². The Bertz CT molecular complexity index is 1300. The van der Waals surface area contributed by atoms with Crippen molar-refractivity contribution in [3.63, 3.8) is 0 Å². The Morgan fingerprint density at radius 1 is 1.03 bits per heavy atom. The fourth-order valence-corrected chi connectivity index (χ4v) is 3.53. The van der Waals surface area contributed by atoms with Gasteiger partial charge in [-0.2, -0.15) is 5.10 Å². The van der Waals surface area contributed by atoms with Gasteiger partial charge in [0.1, 0.15) is 24.8 Å². The van der Waals surface area contributed by atoms with Crippen molar-refractivity contribution in [2.75, 3.05) is 18.5 Å². The summed E-state index contributed by atoms with van der Waals surface area (Å²) in [4.78, 5) is 17.4. The molecule has 0 atom stereocenters. The number of ether oxygens (including phenoxy) is 2. The van der Waals surface area contributed by atoms with Crippen LogP contribution in [0.1, 0.15) is 16.1 Å². The van der Waals surface area contributed by atoms with Crippen LogP contribution in [0.15, 0.2) is 66.9 Å². The number of pyridine rings is 1. The van der Waals surface area contributed by atoms with Crippen molar-refractivity contribution in [2.24, 2.45) is 0 Å². The third-order valence-electron chi connectivity index (χ3n) is 5.15. The molecule has 0 radical (unpaired) electrons. The second-order valence-electron chi connectivity index (χ2n) is 7.25. The number of aromatic nitrogens is 3. The van der Waals surface area contributed by atoms with Crippen LogP contribution in [0.5, 0.6) is 11.5 Å². The number of benzene rings is 2. The van der Waals surface area contributed by atoms with Gasteiger partial charge in [-0.3, -0.25) is 4.79 Å². The van der Waals surface area contributed by atoms with Crippen LogP contribution in [-0.2, 0) is 0 Å². The number of nitrogens with zero attached hydrogens (tertiary/aromatic N) is 3. The zero-order valence-electron chi connectivity index (χ0n) is 17.2. The molecule has 0 unspecified atom stereocenters. The van der Waals surface area contributed by atoms with Gasteiger partial charge in [0.05, 0.1) is 28.8 Å². The molecule has 0 fully saturated rings. The molecule has 160 valence electrons. The fourth-order valence-electron chi connectivity index (χ4n) is 3.53. The number of carbonyl (C=O) groups excluding carboxylic acids is 1. The summed E-state index contributed by atoms with van der Waals surface area (Å²) in [6, 6.07) is 16.9. The highest BCUT2D eigenvalue weighted by atomic mass is 19.1. The molecule has 0 bridgehead atoms. The number of anilines is 1. The number of fused-ring (bicyclic) bond motifs is 1. The normalized spacial score (nSPS) is 12.4. The van der Waals surface area contributed by atoms with E-state index in [1.54, 1.807) is 29.8 Å². The van der Waals surface area contributed by atoms with Crippen LogP contribution < -0.4 is 14.8 Å². The summed E-state index contributed by atoms with van der Waals surface area (Å²) in [5.74, 6) is 1.13. The molecule has 32 heavy (non-hydrogen) atoms. The molecular weight excluding hydrogens is 411 g/mol. The number of hydrogen-bond acceptors (Lipinski definition) is 5. The smallest absolute Gasteiger partial charge is 0.260 e. The van der Waals surface area contributed by atoms with E-state index in [1.165, 1.54) is 18.3 Å². The maximum absolute atomic E-state index is 13.2. The lowest BCUT2D eigenvalue weighted by Gasteiger charge is -2.18. The Morgan fingerprint density at radius 3 is 2.62 bits per heavy atom.